The lowest BCUT2D eigenvalue weighted by Gasteiger charge is -2.25. The van der Waals surface area contributed by atoms with Crippen LogP contribution in [0.2, 0.25) is 10.0 Å². The van der Waals surface area contributed by atoms with E-state index in [1.807, 2.05) is 30.3 Å². The van der Waals surface area contributed by atoms with E-state index in [9.17, 15) is 22.8 Å². The van der Waals surface area contributed by atoms with E-state index in [-0.39, 0.29) is 35.5 Å². The summed E-state index contributed by atoms with van der Waals surface area (Å²) in [5.74, 6) is -0.941. The Kier molecular flexibility index (Phi) is 16.5. The Morgan fingerprint density at radius 1 is 0.932 bits per heavy atom. The van der Waals surface area contributed by atoms with Crippen molar-refractivity contribution in [1.29, 1.82) is 0 Å². The maximum atomic E-state index is 13.7. The Morgan fingerprint density at radius 3 is 2.27 bits per heavy atom. The van der Waals surface area contributed by atoms with E-state index in [1.54, 1.807) is 18.7 Å². The molecule has 2 aromatic carbocycles. The third kappa shape index (κ3) is 12.2. The second kappa shape index (κ2) is 19.5. The predicted octanol–water partition coefficient (Wildman–Crippen LogP) is 3.75. The van der Waals surface area contributed by atoms with E-state index in [1.165, 1.54) is 12.1 Å². The summed E-state index contributed by atoms with van der Waals surface area (Å²) >= 11 is 12.5. The number of hydrogen-bond acceptors (Lipinski definition) is 7. The lowest BCUT2D eigenvalue weighted by atomic mass is 10.1. The van der Waals surface area contributed by atoms with Crippen molar-refractivity contribution in [2.45, 2.75) is 50.8 Å². The van der Waals surface area contributed by atoms with Crippen LogP contribution < -0.4 is 16.4 Å². The van der Waals surface area contributed by atoms with Crippen LogP contribution in [0.4, 0.5) is 4.79 Å². The molecule has 44 heavy (non-hydrogen) atoms. The SMILES string of the molecule is CCNC(=O)OCCCCN(CCCCN)C(=O)CNC(=O)CN(CCc1ccccc1)S(=O)(=O)c1ccc(Cl)c(C)c1Cl. The summed E-state index contributed by atoms with van der Waals surface area (Å²) in [6.07, 6.45) is 2.45. The molecule has 0 unspecified atom stereocenters. The minimum absolute atomic E-state index is 0.00921. The summed E-state index contributed by atoms with van der Waals surface area (Å²) in [4.78, 5) is 39.0. The summed E-state index contributed by atoms with van der Waals surface area (Å²) in [5.41, 5.74) is 6.92. The van der Waals surface area contributed by atoms with Crippen LogP contribution in [-0.4, -0.2) is 88.0 Å². The molecule has 0 heterocycles. The number of nitrogens with one attached hydrogen (secondary N) is 2. The molecule has 244 valence electrons. The molecule has 0 radical (unpaired) electrons. The highest BCUT2D eigenvalue weighted by Gasteiger charge is 2.30. The van der Waals surface area contributed by atoms with Gasteiger partial charge < -0.3 is 26.0 Å². The van der Waals surface area contributed by atoms with Gasteiger partial charge in [0.05, 0.1) is 24.7 Å². The van der Waals surface area contributed by atoms with Crippen LogP contribution in [0.25, 0.3) is 0 Å². The summed E-state index contributed by atoms with van der Waals surface area (Å²) in [7, 11) is -4.20. The molecule has 2 aromatic rings. The zero-order chi connectivity index (χ0) is 32.5. The van der Waals surface area contributed by atoms with Gasteiger partial charge in [0.15, 0.2) is 0 Å². The Hall–Kier alpha value is -2.90. The van der Waals surface area contributed by atoms with Gasteiger partial charge in [0.25, 0.3) is 0 Å². The Labute approximate surface area is 270 Å². The van der Waals surface area contributed by atoms with Crippen LogP contribution in [0.3, 0.4) is 0 Å². The van der Waals surface area contributed by atoms with Gasteiger partial charge in [-0.1, -0.05) is 53.5 Å². The van der Waals surface area contributed by atoms with Crippen LogP contribution in [0, 0.1) is 6.92 Å². The fourth-order valence-electron chi connectivity index (χ4n) is 4.23. The van der Waals surface area contributed by atoms with Crippen molar-refractivity contribution in [3.63, 3.8) is 0 Å². The van der Waals surface area contributed by atoms with Crippen molar-refractivity contribution in [2.75, 3.05) is 52.4 Å². The molecule has 0 bridgehead atoms. The summed E-state index contributed by atoms with van der Waals surface area (Å²) < 4.78 is 33.6. The van der Waals surface area contributed by atoms with Crippen LogP contribution in [0.15, 0.2) is 47.4 Å². The first-order valence-electron chi connectivity index (χ1n) is 14.6. The quantitative estimate of drug-likeness (QED) is 0.192. The Bertz CT molecular complexity index is 1330. The number of benzene rings is 2. The van der Waals surface area contributed by atoms with Gasteiger partial charge in [0, 0.05) is 31.2 Å². The zero-order valence-corrected chi connectivity index (χ0v) is 27.6. The fraction of sp³-hybridized carbons (Fsp3) is 0.500. The lowest BCUT2D eigenvalue weighted by molar-refractivity contribution is -0.133. The monoisotopic (exact) mass is 671 g/mol. The highest BCUT2D eigenvalue weighted by atomic mass is 35.5. The number of nitrogens with two attached hydrogens (primary N) is 1. The number of ether oxygens (including phenoxy) is 1. The number of carbonyl (C=O) groups excluding carboxylic acids is 3. The molecule has 0 aliphatic carbocycles. The van der Waals surface area contributed by atoms with Gasteiger partial charge in [-0.2, -0.15) is 4.31 Å². The van der Waals surface area contributed by atoms with Gasteiger partial charge in [0.2, 0.25) is 21.8 Å². The lowest BCUT2D eigenvalue weighted by Crippen LogP contribution is -2.46. The Morgan fingerprint density at radius 2 is 1.61 bits per heavy atom. The van der Waals surface area contributed by atoms with Gasteiger partial charge >= 0.3 is 6.09 Å². The van der Waals surface area contributed by atoms with Gasteiger partial charge in [-0.05, 0) is 75.8 Å². The van der Waals surface area contributed by atoms with Crippen molar-refractivity contribution in [1.82, 2.24) is 19.8 Å². The minimum atomic E-state index is -4.20. The fourth-order valence-corrected chi connectivity index (χ4v) is 6.41. The molecular weight excluding hydrogens is 629 g/mol. The predicted molar refractivity (Wildman–Crippen MR) is 172 cm³/mol. The third-order valence-corrected chi connectivity index (χ3v) is 9.66. The number of rotatable bonds is 19. The van der Waals surface area contributed by atoms with Crippen LogP contribution in [-0.2, 0) is 30.8 Å². The maximum Gasteiger partial charge on any atom is 0.407 e. The van der Waals surface area contributed by atoms with E-state index >= 15 is 0 Å². The largest absolute Gasteiger partial charge is 0.450 e. The molecule has 2 rings (SSSR count). The molecule has 0 spiro atoms. The first-order valence-corrected chi connectivity index (χ1v) is 16.8. The average Bonchev–Trinajstić information content (AvgIpc) is 3.00. The number of nitrogens with zero attached hydrogens (tertiary/aromatic N) is 2. The standard InChI is InChI=1S/C30H43Cl2N5O6S/c1-3-34-30(40)43-20-10-9-18-36(17-8-7-16-33)28(39)21-35-27(38)22-37(19-15-24-11-5-4-6-12-24)44(41,42)26-14-13-25(31)23(2)29(26)32/h4-6,11-14H,3,7-10,15-22,33H2,1-2H3,(H,34,40)(H,35,38). The van der Waals surface area contributed by atoms with Crippen molar-refractivity contribution in [2.24, 2.45) is 5.73 Å². The van der Waals surface area contributed by atoms with Crippen molar-refractivity contribution in [3.8, 4) is 0 Å². The number of sulfonamides is 1. The van der Waals surface area contributed by atoms with E-state index < -0.39 is 28.6 Å². The van der Waals surface area contributed by atoms with Gasteiger partial charge in [-0.25, -0.2) is 13.2 Å². The van der Waals surface area contributed by atoms with Gasteiger partial charge in [0.1, 0.15) is 4.90 Å². The minimum Gasteiger partial charge on any atom is -0.450 e. The molecule has 0 saturated carbocycles. The van der Waals surface area contributed by atoms with E-state index in [4.69, 9.17) is 33.7 Å². The highest BCUT2D eigenvalue weighted by molar-refractivity contribution is 7.89. The first kappa shape index (κ1) is 37.3. The number of amides is 3. The number of halogens is 2. The van der Waals surface area contributed by atoms with Crippen molar-refractivity contribution in [3.05, 3.63) is 63.6 Å². The van der Waals surface area contributed by atoms with E-state index in [2.05, 4.69) is 10.6 Å². The molecular formula is C30H43Cl2N5O6S. The van der Waals surface area contributed by atoms with E-state index in [0.717, 1.165) is 16.3 Å². The molecule has 14 heteroatoms. The van der Waals surface area contributed by atoms with Gasteiger partial charge in [-0.3, -0.25) is 9.59 Å². The number of hydrogen-bond donors (Lipinski definition) is 3. The first-order chi connectivity index (χ1) is 21.0. The molecule has 0 aromatic heterocycles. The number of unbranched alkanes of at least 4 members (excludes halogenated alkanes) is 2. The molecule has 4 N–H and O–H groups in total. The zero-order valence-electron chi connectivity index (χ0n) is 25.3. The van der Waals surface area contributed by atoms with Crippen molar-refractivity contribution < 1.29 is 27.5 Å². The molecule has 11 nitrogen and oxygen atoms in total. The maximum absolute atomic E-state index is 13.7. The van der Waals surface area contributed by atoms with E-state index in [0.29, 0.717) is 62.4 Å². The Balaban J connectivity index is 2.08. The molecule has 0 aliphatic rings. The molecule has 0 aliphatic heterocycles. The van der Waals surface area contributed by atoms with Crippen LogP contribution >= 0.6 is 23.2 Å². The highest BCUT2D eigenvalue weighted by Crippen LogP contribution is 2.32. The molecule has 0 saturated heterocycles. The topological polar surface area (TPSA) is 151 Å². The molecule has 0 atom stereocenters. The van der Waals surface area contributed by atoms with Crippen LogP contribution in [0.5, 0.6) is 0 Å². The van der Waals surface area contributed by atoms with Gasteiger partial charge in [-0.15, -0.1) is 0 Å². The smallest absolute Gasteiger partial charge is 0.407 e. The third-order valence-electron chi connectivity index (χ3n) is 6.76. The van der Waals surface area contributed by atoms with Crippen LogP contribution in [0.1, 0.15) is 43.7 Å². The number of alkyl carbamates (subject to hydrolysis) is 1. The average molecular weight is 673 g/mol. The number of carbonyl (C=O) groups is 3. The summed E-state index contributed by atoms with van der Waals surface area (Å²) in [6.45, 7) is 4.65. The van der Waals surface area contributed by atoms with Crippen molar-refractivity contribution >= 4 is 51.1 Å². The summed E-state index contributed by atoms with van der Waals surface area (Å²) in [6, 6.07) is 12.1. The summed E-state index contributed by atoms with van der Waals surface area (Å²) in [5, 5.41) is 5.44. The second-order valence-corrected chi connectivity index (χ2v) is 12.8. The normalized spacial score (nSPS) is 11.3. The molecule has 0 fully saturated rings. The second-order valence-electron chi connectivity index (χ2n) is 10.1. The molecule has 3 amide bonds.